The summed E-state index contributed by atoms with van der Waals surface area (Å²) in [4.78, 5) is 25.6. The van der Waals surface area contributed by atoms with E-state index >= 15 is 0 Å². The molecule has 1 heterocycles. The van der Waals surface area contributed by atoms with Crippen molar-refractivity contribution in [2.75, 3.05) is 30.8 Å². The number of hydrogen-bond acceptors (Lipinski definition) is 5. The summed E-state index contributed by atoms with van der Waals surface area (Å²) in [6.45, 7) is 3.25. The van der Waals surface area contributed by atoms with Gasteiger partial charge in [-0.05, 0) is 24.6 Å². The molecular formula is C14H19N3O3. The number of piperazine rings is 1. The zero-order chi connectivity index (χ0) is 14.7. The van der Waals surface area contributed by atoms with Crippen molar-refractivity contribution < 1.29 is 14.3 Å². The molecule has 1 saturated heterocycles. The maximum absolute atomic E-state index is 11.9. The summed E-state index contributed by atoms with van der Waals surface area (Å²) >= 11 is 0. The van der Waals surface area contributed by atoms with Crippen molar-refractivity contribution in [3.63, 3.8) is 0 Å². The number of hydrogen-bond donors (Lipinski definition) is 2. The number of carbonyl (C=O) groups is 2. The summed E-state index contributed by atoms with van der Waals surface area (Å²) in [6.07, 6.45) is 0.698. The van der Waals surface area contributed by atoms with Crippen LogP contribution in [-0.4, -0.2) is 38.1 Å². The van der Waals surface area contributed by atoms with Crippen molar-refractivity contribution >= 4 is 23.3 Å². The Hall–Kier alpha value is -2.24. The SMILES string of the molecule is CCC1C(=O)NCCN1c1ccc(N)c(C(=O)OC)c1. The highest BCUT2D eigenvalue weighted by Crippen LogP contribution is 2.25. The lowest BCUT2D eigenvalue weighted by Gasteiger charge is -2.36. The molecule has 3 N–H and O–H groups in total. The van der Waals surface area contributed by atoms with Crippen molar-refractivity contribution in [2.24, 2.45) is 0 Å². The molecule has 2 rings (SSSR count). The summed E-state index contributed by atoms with van der Waals surface area (Å²) in [6, 6.07) is 4.95. The first-order valence-corrected chi connectivity index (χ1v) is 6.60. The highest BCUT2D eigenvalue weighted by molar-refractivity contribution is 5.96. The number of carbonyl (C=O) groups excluding carboxylic acids is 2. The van der Waals surface area contributed by atoms with Gasteiger partial charge in [0, 0.05) is 24.5 Å². The van der Waals surface area contributed by atoms with Gasteiger partial charge in [-0.1, -0.05) is 6.92 Å². The second-order valence-electron chi connectivity index (χ2n) is 4.67. The van der Waals surface area contributed by atoms with Crippen molar-refractivity contribution in [3.8, 4) is 0 Å². The number of anilines is 2. The van der Waals surface area contributed by atoms with Crippen molar-refractivity contribution in [1.82, 2.24) is 5.32 Å². The largest absolute Gasteiger partial charge is 0.465 e. The molecule has 1 atom stereocenters. The third kappa shape index (κ3) is 2.54. The minimum atomic E-state index is -0.473. The lowest BCUT2D eigenvalue weighted by molar-refractivity contribution is -0.123. The first-order valence-electron chi connectivity index (χ1n) is 6.60. The van der Waals surface area contributed by atoms with Crippen LogP contribution < -0.4 is 16.0 Å². The maximum atomic E-state index is 11.9. The minimum Gasteiger partial charge on any atom is -0.465 e. The summed E-state index contributed by atoms with van der Waals surface area (Å²) in [5.41, 5.74) is 7.29. The Labute approximate surface area is 117 Å². The molecule has 1 aliphatic heterocycles. The van der Waals surface area contributed by atoms with Crippen LogP contribution in [0.4, 0.5) is 11.4 Å². The number of nitrogens with one attached hydrogen (secondary N) is 1. The second kappa shape index (κ2) is 5.81. The molecule has 6 nitrogen and oxygen atoms in total. The van der Waals surface area contributed by atoms with Crippen LogP contribution in [0.3, 0.4) is 0 Å². The molecule has 0 saturated carbocycles. The van der Waals surface area contributed by atoms with Gasteiger partial charge in [-0.25, -0.2) is 4.79 Å². The average Bonchev–Trinajstić information content (AvgIpc) is 2.46. The maximum Gasteiger partial charge on any atom is 0.340 e. The van der Waals surface area contributed by atoms with Crippen LogP contribution in [0.15, 0.2) is 18.2 Å². The van der Waals surface area contributed by atoms with Crippen LogP contribution in [0, 0.1) is 0 Å². The molecule has 0 bridgehead atoms. The number of ether oxygens (including phenoxy) is 1. The molecule has 1 amide bonds. The Morgan fingerprint density at radius 3 is 2.95 bits per heavy atom. The van der Waals surface area contributed by atoms with Gasteiger partial charge in [-0.2, -0.15) is 0 Å². The normalized spacial score (nSPS) is 18.6. The van der Waals surface area contributed by atoms with Gasteiger partial charge in [-0.15, -0.1) is 0 Å². The van der Waals surface area contributed by atoms with E-state index in [-0.39, 0.29) is 11.9 Å². The van der Waals surface area contributed by atoms with Gasteiger partial charge in [0.15, 0.2) is 0 Å². The van der Waals surface area contributed by atoms with E-state index in [0.717, 1.165) is 5.69 Å². The van der Waals surface area contributed by atoms with Crippen molar-refractivity contribution in [1.29, 1.82) is 0 Å². The number of methoxy groups -OCH3 is 1. The Kier molecular flexibility index (Phi) is 4.12. The predicted octanol–water partition coefficient (Wildman–Crippen LogP) is 0.770. The molecule has 0 aromatic heterocycles. The van der Waals surface area contributed by atoms with Gasteiger partial charge >= 0.3 is 5.97 Å². The van der Waals surface area contributed by atoms with Crippen LogP contribution in [0.5, 0.6) is 0 Å². The fourth-order valence-corrected chi connectivity index (χ4v) is 2.44. The summed E-state index contributed by atoms with van der Waals surface area (Å²) in [5, 5.41) is 2.85. The molecule has 0 radical (unpaired) electrons. The quantitative estimate of drug-likeness (QED) is 0.629. The lowest BCUT2D eigenvalue weighted by atomic mass is 10.1. The number of nitrogens with two attached hydrogens (primary N) is 1. The van der Waals surface area contributed by atoms with Crippen molar-refractivity contribution in [2.45, 2.75) is 19.4 Å². The molecule has 108 valence electrons. The first kappa shape index (κ1) is 14.2. The van der Waals surface area contributed by atoms with E-state index in [9.17, 15) is 9.59 Å². The molecule has 6 heteroatoms. The van der Waals surface area contributed by atoms with Gasteiger partial charge in [-0.3, -0.25) is 4.79 Å². The highest BCUT2D eigenvalue weighted by Gasteiger charge is 2.28. The minimum absolute atomic E-state index is 0.00944. The van der Waals surface area contributed by atoms with Gasteiger partial charge in [0.2, 0.25) is 5.91 Å². The van der Waals surface area contributed by atoms with E-state index in [0.29, 0.717) is 30.8 Å². The Morgan fingerprint density at radius 1 is 1.55 bits per heavy atom. The smallest absolute Gasteiger partial charge is 0.340 e. The molecule has 1 fully saturated rings. The van der Waals surface area contributed by atoms with Gasteiger partial charge in [0.05, 0.1) is 12.7 Å². The molecule has 20 heavy (non-hydrogen) atoms. The van der Waals surface area contributed by atoms with E-state index in [4.69, 9.17) is 10.5 Å². The van der Waals surface area contributed by atoms with Crippen LogP contribution >= 0.6 is 0 Å². The first-order chi connectivity index (χ1) is 9.58. The van der Waals surface area contributed by atoms with Crippen LogP contribution in [0.2, 0.25) is 0 Å². The van der Waals surface area contributed by atoms with E-state index in [1.165, 1.54) is 7.11 Å². The van der Waals surface area contributed by atoms with Gasteiger partial charge < -0.3 is 20.7 Å². The van der Waals surface area contributed by atoms with E-state index in [2.05, 4.69) is 5.32 Å². The topological polar surface area (TPSA) is 84.7 Å². The molecule has 0 spiro atoms. The fraction of sp³-hybridized carbons (Fsp3) is 0.429. The molecule has 1 aromatic carbocycles. The number of benzene rings is 1. The molecule has 1 unspecified atom stereocenters. The van der Waals surface area contributed by atoms with Gasteiger partial charge in [0.25, 0.3) is 0 Å². The summed E-state index contributed by atoms with van der Waals surface area (Å²) < 4.78 is 4.72. The van der Waals surface area contributed by atoms with Crippen LogP contribution in [0.25, 0.3) is 0 Å². The average molecular weight is 277 g/mol. The third-order valence-electron chi connectivity index (χ3n) is 3.49. The Balaban J connectivity index is 2.36. The zero-order valence-corrected chi connectivity index (χ0v) is 11.7. The Morgan fingerprint density at radius 2 is 2.30 bits per heavy atom. The van der Waals surface area contributed by atoms with Crippen LogP contribution in [-0.2, 0) is 9.53 Å². The lowest BCUT2D eigenvalue weighted by Crippen LogP contribution is -2.55. The zero-order valence-electron chi connectivity index (χ0n) is 11.7. The Bertz CT molecular complexity index is 530. The monoisotopic (exact) mass is 277 g/mol. The van der Waals surface area contributed by atoms with Gasteiger partial charge in [0.1, 0.15) is 6.04 Å². The standard InChI is InChI=1S/C14H19N3O3/c1-3-12-13(18)16-6-7-17(12)9-4-5-11(15)10(8-9)14(19)20-2/h4-5,8,12H,3,6-7,15H2,1-2H3,(H,16,18). The van der Waals surface area contributed by atoms with Crippen molar-refractivity contribution in [3.05, 3.63) is 23.8 Å². The number of rotatable bonds is 3. The number of nitrogen functional groups attached to an aromatic ring is 1. The summed E-state index contributed by atoms with van der Waals surface area (Å²) in [5.74, 6) is -0.464. The third-order valence-corrected chi connectivity index (χ3v) is 3.49. The molecular weight excluding hydrogens is 258 g/mol. The number of amides is 1. The van der Waals surface area contributed by atoms with E-state index < -0.39 is 5.97 Å². The fourth-order valence-electron chi connectivity index (χ4n) is 2.44. The highest BCUT2D eigenvalue weighted by atomic mass is 16.5. The predicted molar refractivity (Wildman–Crippen MR) is 76.6 cm³/mol. The number of esters is 1. The summed E-state index contributed by atoms with van der Waals surface area (Å²) in [7, 11) is 1.32. The molecule has 0 aliphatic carbocycles. The molecule has 1 aromatic rings. The second-order valence-corrected chi connectivity index (χ2v) is 4.67. The van der Waals surface area contributed by atoms with E-state index in [1.54, 1.807) is 12.1 Å². The van der Waals surface area contributed by atoms with E-state index in [1.807, 2.05) is 17.9 Å². The number of nitrogens with zero attached hydrogens (tertiary/aromatic N) is 1. The molecule has 1 aliphatic rings. The van der Waals surface area contributed by atoms with Crippen LogP contribution in [0.1, 0.15) is 23.7 Å².